The summed E-state index contributed by atoms with van der Waals surface area (Å²) in [6.07, 6.45) is -4.41. The van der Waals surface area contributed by atoms with Gasteiger partial charge in [-0.25, -0.2) is 0 Å². The van der Waals surface area contributed by atoms with Crippen molar-refractivity contribution in [3.05, 3.63) is 70.3 Å². The Morgan fingerprint density at radius 3 is 2.61 bits per heavy atom. The van der Waals surface area contributed by atoms with Gasteiger partial charge in [0.05, 0.1) is 23.0 Å². The molecular formula is C19H16F3N5O. The summed E-state index contributed by atoms with van der Waals surface area (Å²) in [5.74, 6) is 0.887. The van der Waals surface area contributed by atoms with Crippen LogP contribution in [-0.2, 0) is 19.3 Å². The number of benzene rings is 2. The SMILES string of the molecule is CCn1c(=O)c2ccccc2n2c(CNc3cccc(C(F)(F)F)c3)nnc12. The first-order chi connectivity index (χ1) is 13.4. The summed E-state index contributed by atoms with van der Waals surface area (Å²) in [6.45, 7) is 2.41. The number of hydrogen-bond donors (Lipinski definition) is 1. The molecule has 2 aromatic heterocycles. The average molecular weight is 387 g/mol. The van der Waals surface area contributed by atoms with Crippen LogP contribution in [0.4, 0.5) is 18.9 Å². The molecule has 28 heavy (non-hydrogen) atoms. The Bertz CT molecular complexity index is 1230. The fraction of sp³-hybridized carbons (Fsp3) is 0.211. The van der Waals surface area contributed by atoms with Crippen LogP contribution < -0.4 is 10.9 Å². The van der Waals surface area contributed by atoms with Gasteiger partial charge in [0.1, 0.15) is 0 Å². The topological polar surface area (TPSA) is 64.2 Å². The Morgan fingerprint density at radius 1 is 1.07 bits per heavy atom. The first-order valence-corrected chi connectivity index (χ1v) is 8.67. The molecule has 0 atom stereocenters. The second-order valence-electron chi connectivity index (χ2n) is 6.25. The van der Waals surface area contributed by atoms with E-state index < -0.39 is 11.7 Å². The van der Waals surface area contributed by atoms with Crippen molar-refractivity contribution in [3.63, 3.8) is 0 Å². The standard InChI is InChI=1S/C19H16F3N5O/c1-2-26-17(28)14-8-3-4-9-15(14)27-16(24-25-18(26)27)11-23-13-7-5-6-12(10-13)19(20,21)22/h3-10,23H,2,11H2,1H3. The van der Waals surface area contributed by atoms with Crippen LogP contribution in [0.2, 0.25) is 0 Å². The second-order valence-corrected chi connectivity index (χ2v) is 6.25. The highest BCUT2D eigenvalue weighted by molar-refractivity contribution is 5.80. The summed E-state index contributed by atoms with van der Waals surface area (Å²) in [5.41, 5.74) is 0.0852. The number of fused-ring (bicyclic) bond motifs is 3. The molecule has 6 nitrogen and oxygen atoms in total. The van der Waals surface area contributed by atoms with Gasteiger partial charge in [-0.2, -0.15) is 13.2 Å². The lowest BCUT2D eigenvalue weighted by molar-refractivity contribution is -0.137. The zero-order valence-corrected chi connectivity index (χ0v) is 14.9. The number of anilines is 1. The largest absolute Gasteiger partial charge is 0.416 e. The fourth-order valence-corrected chi connectivity index (χ4v) is 3.20. The summed E-state index contributed by atoms with van der Waals surface area (Å²) >= 11 is 0. The molecule has 0 aliphatic heterocycles. The van der Waals surface area contributed by atoms with Gasteiger partial charge in [0.15, 0.2) is 5.82 Å². The molecular weight excluding hydrogens is 371 g/mol. The average Bonchev–Trinajstić information content (AvgIpc) is 3.10. The van der Waals surface area contributed by atoms with Crippen LogP contribution >= 0.6 is 0 Å². The van der Waals surface area contributed by atoms with E-state index >= 15 is 0 Å². The van der Waals surface area contributed by atoms with Crippen LogP contribution in [0.1, 0.15) is 18.3 Å². The number of alkyl halides is 3. The quantitative estimate of drug-likeness (QED) is 0.580. The maximum atomic E-state index is 12.9. The fourth-order valence-electron chi connectivity index (χ4n) is 3.20. The van der Waals surface area contributed by atoms with Gasteiger partial charge in [0.2, 0.25) is 5.78 Å². The van der Waals surface area contributed by atoms with Crippen LogP contribution in [0.5, 0.6) is 0 Å². The van der Waals surface area contributed by atoms with Crippen LogP contribution in [0, 0.1) is 0 Å². The molecule has 4 rings (SSSR count). The number of halogens is 3. The first-order valence-electron chi connectivity index (χ1n) is 8.67. The van der Waals surface area contributed by atoms with Crippen molar-refractivity contribution in [2.24, 2.45) is 0 Å². The molecule has 0 saturated heterocycles. The second kappa shape index (κ2) is 6.66. The Balaban J connectivity index is 1.77. The zero-order valence-electron chi connectivity index (χ0n) is 14.9. The van der Waals surface area contributed by atoms with Crippen LogP contribution in [-0.4, -0.2) is 19.2 Å². The van der Waals surface area contributed by atoms with Crippen molar-refractivity contribution in [2.45, 2.75) is 26.2 Å². The number of para-hydroxylation sites is 1. The molecule has 0 bridgehead atoms. The highest BCUT2D eigenvalue weighted by Gasteiger charge is 2.30. The van der Waals surface area contributed by atoms with E-state index in [2.05, 4.69) is 15.5 Å². The molecule has 0 amide bonds. The first kappa shape index (κ1) is 18.0. The number of aryl methyl sites for hydroxylation is 1. The number of aromatic nitrogens is 4. The lowest BCUT2D eigenvalue weighted by Gasteiger charge is -2.11. The lowest BCUT2D eigenvalue weighted by Crippen LogP contribution is -2.23. The van der Waals surface area contributed by atoms with E-state index in [9.17, 15) is 18.0 Å². The highest BCUT2D eigenvalue weighted by atomic mass is 19.4. The van der Waals surface area contributed by atoms with Gasteiger partial charge >= 0.3 is 6.18 Å². The van der Waals surface area contributed by atoms with Gasteiger partial charge in [0.25, 0.3) is 5.56 Å². The van der Waals surface area contributed by atoms with Gasteiger partial charge in [-0.05, 0) is 37.3 Å². The predicted octanol–water partition coefficient (Wildman–Crippen LogP) is 3.70. The molecule has 0 aliphatic carbocycles. The van der Waals surface area contributed by atoms with Crippen LogP contribution in [0.25, 0.3) is 16.7 Å². The van der Waals surface area contributed by atoms with Crippen molar-refractivity contribution in [2.75, 3.05) is 5.32 Å². The molecule has 1 N–H and O–H groups in total. The Hall–Kier alpha value is -3.36. The Labute approximate surface area is 157 Å². The molecule has 0 saturated carbocycles. The lowest BCUT2D eigenvalue weighted by atomic mass is 10.2. The minimum Gasteiger partial charge on any atom is -0.378 e. The van der Waals surface area contributed by atoms with Gasteiger partial charge in [-0.1, -0.05) is 18.2 Å². The van der Waals surface area contributed by atoms with E-state index in [1.165, 1.54) is 10.6 Å². The van der Waals surface area contributed by atoms with Crippen molar-refractivity contribution in [3.8, 4) is 0 Å². The molecule has 144 valence electrons. The van der Waals surface area contributed by atoms with Crippen LogP contribution in [0.15, 0.2) is 53.3 Å². The van der Waals surface area contributed by atoms with E-state index in [4.69, 9.17) is 0 Å². The summed E-state index contributed by atoms with van der Waals surface area (Å²) in [5, 5.41) is 11.8. The van der Waals surface area contributed by atoms with Crippen LogP contribution in [0.3, 0.4) is 0 Å². The molecule has 0 radical (unpaired) electrons. The molecule has 4 aromatic rings. The molecule has 0 spiro atoms. The monoisotopic (exact) mass is 387 g/mol. The summed E-state index contributed by atoms with van der Waals surface area (Å²) in [4.78, 5) is 12.7. The predicted molar refractivity (Wildman–Crippen MR) is 99.2 cm³/mol. The molecule has 2 aromatic carbocycles. The smallest absolute Gasteiger partial charge is 0.378 e. The van der Waals surface area contributed by atoms with Crippen molar-refractivity contribution < 1.29 is 13.2 Å². The highest BCUT2D eigenvalue weighted by Crippen LogP contribution is 2.30. The van der Waals surface area contributed by atoms with E-state index in [1.807, 2.05) is 13.0 Å². The molecule has 2 heterocycles. The van der Waals surface area contributed by atoms with E-state index in [-0.39, 0.29) is 12.1 Å². The maximum Gasteiger partial charge on any atom is 0.416 e. The minimum absolute atomic E-state index is 0.147. The Kier molecular flexibility index (Phi) is 4.29. The zero-order chi connectivity index (χ0) is 19.9. The van der Waals surface area contributed by atoms with E-state index in [1.54, 1.807) is 28.7 Å². The van der Waals surface area contributed by atoms with Gasteiger partial charge < -0.3 is 5.32 Å². The van der Waals surface area contributed by atoms with Gasteiger partial charge in [-0.15, -0.1) is 10.2 Å². The molecule has 0 aliphatic rings. The van der Waals surface area contributed by atoms with Gasteiger partial charge in [0, 0.05) is 12.2 Å². The summed E-state index contributed by atoms with van der Waals surface area (Å²) in [6, 6.07) is 12.1. The van der Waals surface area contributed by atoms with E-state index in [0.717, 1.165) is 12.1 Å². The third-order valence-electron chi connectivity index (χ3n) is 4.53. The summed E-state index contributed by atoms with van der Waals surface area (Å²) in [7, 11) is 0. The van der Waals surface area contributed by atoms with Crippen molar-refractivity contribution in [1.82, 2.24) is 19.2 Å². The number of nitrogens with zero attached hydrogens (tertiary/aromatic N) is 4. The van der Waals surface area contributed by atoms with Crippen molar-refractivity contribution >= 4 is 22.4 Å². The third kappa shape index (κ3) is 2.98. The number of rotatable bonds is 4. The van der Waals surface area contributed by atoms with Crippen molar-refractivity contribution in [1.29, 1.82) is 0 Å². The number of hydrogen-bond acceptors (Lipinski definition) is 4. The molecule has 0 unspecified atom stereocenters. The molecule has 0 fully saturated rings. The van der Waals surface area contributed by atoms with E-state index in [0.29, 0.717) is 34.7 Å². The maximum absolute atomic E-state index is 12.9. The minimum atomic E-state index is -4.41. The van der Waals surface area contributed by atoms with Gasteiger partial charge in [-0.3, -0.25) is 13.8 Å². The third-order valence-corrected chi connectivity index (χ3v) is 4.53. The normalized spacial score (nSPS) is 12.0. The Morgan fingerprint density at radius 2 is 1.86 bits per heavy atom. The molecule has 9 heteroatoms. The summed E-state index contributed by atoms with van der Waals surface area (Å²) < 4.78 is 42.0. The number of nitrogens with one attached hydrogen (secondary N) is 1.